The van der Waals surface area contributed by atoms with Crippen molar-refractivity contribution in [2.45, 2.75) is 23.6 Å². The number of likely N-dealkylation sites (N-methyl/N-ethyl adjacent to an activating group) is 2. The first-order valence-corrected chi connectivity index (χ1v) is 20.0. The Bertz CT molecular complexity index is 2260. The van der Waals surface area contributed by atoms with Crippen LogP contribution in [0.25, 0.3) is 12.2 Å². The summed E-state index contributed by atoms with van der Waals surface area (Å²) in [4.78, 5) is -0.910. The highest BCUT2D eigenvalue weighted by molar-refractivity contribution is 7.86. The van der Waals surface area contributed by atoms with Crippen LogP contribution in [-0.2, 0) is 20.2 Å². The van der Waals surface area contributed by atoms with Crippen LogP contribution in [0.1, 0.15) is 25.0 Å². The van der Waals surface area contributed by atoms with Gasteiger partial charge in [-0.25, -0.2) is 10.9 Å². The summed E-state index contributed by atoms with van der Waals surface area (Å²) in [5.41, 5.74) is 14.5. The molecule has 0 atom stereocenters. The van der Waals surface area contributed by atoms with Gasteiger partial charge in [0, 0.05) is 36.6 Å². The monoisotopic (exact) mass is 800 g/mol. The average Bonchev–Trinajstić information content (AvgIpc) is 3.15. The lowest BCUT2D eigenvalue weighted by Crippen LogP contribution is -2.45. The number of nitrogens with zero attached hydrogens (tertiary/aromatic N) is 4. The topological polar surface area (TPSA) is 236 Å². The van der Waals surface area contributed by atoms with Crippen molar-refractivity contribution in [1.82, 2.24) is 31.9 Å². The average molecular weight is 801 g/mol. The van der Waals surface area contributed by atoms with Gasteiger partial charge in [-0.2, -0.15) is 16.8 Å². The lowest BCUT2D eigenvalue weighted by molar-refractivity contribution is 0.270. The summed E-state index contributed by atoms with van der Waals surface area (Å²) in [6, 6.07) is 27.1. The zero-order valence-electron chi connectivity index (χ0n) is 30.1. The molecular weight excluding hydrogens is 761 g/mol. The molecule has 0 unspecified atom stereocenters. The number of amidine groups is 2. The highest BCUT2D eigenvalue weighted by Crippen LogP contribution is 2.27. The van der Waals surface area contributed by atoms with Crippen molar-refractivity contribution in [2.24, 2.45) is 10.2 Å². The minimum absolute atomic E-state index is 0.0483. The number of rotatable bonds is 14. The third-order valence-electron chi connectivity index (χ3n) is 7.75. The second-order valence-electron chi connectivity index (χ2n) is 12.0. The molecule has 292 valence electrons. The van der Waals surface area contributed by atoms with E-state index in [0.717, 1.165) is 11.4 Å². The Morgan fingerprint density at radius 1 is 0.589 bits per heavy atom. The summed E-state index contributed by atoms with van der Waals surface area (Å²) >= 11 is 0. The Labute approximate surface area is 324 Å². The molecular formula is C36H40N12O6S2. The molecule has 0 aliphatic carbocycles. The molecule has 0 spiro atoms. The SMILES string of the molecule is CCNC1=NN(Nc2ccccc2)NC(Nc2ccc(/C=C/c3ccc(NC4=CC(NCC)=NN(Nc5ccccc5)N4)cc3S(=O)(=O)O)c(S(=O)(=O)O)c2)=C1. The van der Waals surface area contributed by atoms with Crippen molar-refractivity contribution < 1.29 is 25.9 Å². The predicted molar refractivity (Wildman–Crippen MR) is 217 cm³/mol. The van der Waals surface area contributed by atoms with Gasteiger partial charge in [-0.05, 0) is 73.5 Å². The van der Waals surface area contributed by atoms with Crippen molar-refractivity contribution in [3.63, 3.8) is 0 Å². The molecule has 10 N–H and O–H groups in total. The number of nitrogens with one attached hydrogen (secondary N) is 8. The first-order chi connectivity index (χ1) is 26.9. The number of hydrogen-bond donors (Lipinski definition) is 10. The summed E-state index contributed by atoms with van der Waals surface area (Å²) in [5.74, 6) is 1.84. The van der Waals surface area contributed by atoms with Gasteiger partial charge in [0.15, 0.2) is 11.7 Å². The Morgan fingerprint density at radius 3 is 1.34 bits per heavy atom. The van der Waals surface area contributed by atoms with Crippen molar-refractivity contribution in [2.75, 3.05) is 34.6 Å². The third-order valence-corrected chi connectivity index (χ3v) is 9.57. The second-order valence-corrected chi connectivity index (χ2v) is 14.8. The lowest BCUT2D eigenvalue weighted by Gasteiger charge is -2.28. The van der Waals surface area contributed by atoms with Gasteiger partial charge in [-0.3, -0.25) is 20.0 Å². The van der Waals surface area contributed by atoms with Crippen molar-refractivity contribution in [1.29, 1.82) is 0 Å². The molecule has 0 radical (unpaired) electrons. The molecule has 4 aromatic rings. The number of benzene rings is 4. The van der Waals surface area contributed by atoms with Crippen LogP contribution in [0.5, 0.6) is 0 Å². The van der Waals surface area contributed by atoms with Crippen LogP contribution in [-0.4, -0.2) is 61.2 Å². The smallest absolute Gasteiger partial charge is 0.295 e. The summed E-state index contributed by atoms with van der Waals surface area (Å²) in [5, 5.41) is 24.1. The summed E-state index contributed by atoms with van der Waals surface area (Å²) in [6.07, 6.45) is 5.99. The van der Waals surface area contributed by atoms with Gasteiger partial charge in [0.2, 0.25) is 0 Å². The van der Waals surface area contributed by atoms with Crippen molar-refractivity contribution in [3.05, 3.63) is 132 Å². The van der Waals surface area contributed by atoms with Crippen LogP contribution < -0.4 is 43.0 Å². The summed E-state index contributed by atoms with van der Waals surface area (Å²) in [6.45, 7) is 5.00. The molecule has 0 saturated carbocycles. The number of hydrazone groups is 2. The summed E-state index contributed by atoms with van der Waals surface area (Å²) in [7, 11) is -9.54. The Kier molecular flexibility index (Phi) is 11.9. The van der Waals surface area contributed by atoms with E-state index in [1.54, 1.807) is 24.3 Å². The summed E-state index contributed by atoms with van der Waals surface area (Å²) < 4.78 is 70.8. The molecule has 56 heavy (non-hydrogen) atoms. The van der Waals surface area contributed by atoms with Crippen LogP contribution in [0.3, 0.4) is 0 Å². The molecule has 2 heterocycles. The quantitative estimate of drug-likeness (QED) is 0.0629. The maximum Gasteiger partial charge on any atom is 0.295 e. The van der Waals surface area contributed by atoms with Crippen molar-refractivity contribution in [3.8, 4) is 0 Å². The van der Waals surface area contributed by atoms with E-state index in [-0.39, 0.29) is 11.1 Å². The molecule has 6 rings (SSSR count). The van der Waals surface area contributed by atoms with Crippen LogP contribution >= 0.6 is 0 Å². The largest absolute Gasteiger partial charge is 0.369 e. The van der Waals surface area contributed by atoms with Crippen LogP contribution in [0, 0.1) is 0 Å². The van der Waals surface area contributed by atoms with Gasteiger partial charge < -0.3 is 21.3 Å². The normalized spacial score (nSPS) is 14.4. The number of anilines is 4. The van der Waals surface area contributed by atoms with Crippen LogP contribution in [0.15, 0.2) is 141 Å². The highest BCUT2D eigenvalue weighted by Gasteiger charge is 2.20. The van der Waals surface area contributed by atoms with E-state index in [4.69, 9.17) is 0 Å². The minimum Gasteiger partial charge on any atom is -0.369 e. The zero-order valence-corrected chi connectivity index (χ0v) is 31.7. The van der Waals surface area contributed by atoms with Gasteiger partial charge in [0.05, 0.1) is 11.4 Å². The van der Waals surface area contributed by atoms with E-state index >= 15 is 0 Å². The van der Waals surface area contributed by atoms with E-state index in [1.165, 1.54) is 46.9 Å². The molecule has 18 nitrogen and oxygen atoms in total. The fourth-order valence-electron chi connectivity index (χ4n) is 5.37. The van der Waals surface area contributed by atoms with E-state index in [9.17, 15) is 25.9 Å². The zero-order chi connectivity index (χ0) is 39.7. The lowest BCUT2D eigenvalue weighted by atomic mass is 10.1. The molecule has 0 aromatic heterocycles. The maximum absolute atomic E-state index is 12.6. The molecule has 0 fully saturated rings. The second kappa shape index (κ2) is 17.2. The standard InChI is InChI=1S/C36H40N12O6S2/c1-3-37-33-23-35(45-47(43-33)41-27-11-7-5-8-12-27)39-29-19-17-25(31(21-29)55(49,50)51)15-16-26-18-20-30(22-32(26)56(52,53)54)40-36-24-34(38-4-2)44-48(46-36)42-28-13-9-6-10-14-28/h5-24,39-42,45-46H,3-4H2,1-2H3,(H,37,43)(H,38,44)(H,49,50,51)(H,52,53,54)/b16-15+. The van der Waals surface area contributed by atoms with Crippen LogP contribution in [0.4, 0.5) is 22.7 Å². The fraction of sp³-hybridized carbons (Fsp3) is 0.111. The minimum atomic E-state index is -4.77. The highest BCUT2D eigenvalue weighted by atomic mass is 32.2. The van der Waals surface area contributed by atoms with Gasteiger partial charge in [-0.15, -0.1) is 20.7 Å². The van der Waals surface area contributed by atoms with Crippen LogP contribution in [0.2, 0.25) is 0 Å². The fourth-order valence-corrected chi connectivity index (χ4v) is 6.78. The Morgan fingerprint density at radius 2 is 0.982 bits per heavy atom. The number of hydrogen-bond acceptors (Lipinski definition) is 16. The first kappa shape index (κ1) is 39.0. The Hall–Kier alpha value is -6.74. The van der Waals surface area contributed by atoms with E-state index < -0.39 is 30.0 Å². The Balaban J connectivity index is 1.22. The van der Waals surface area contributed by atoms with Gasteiger partial charge in [0.25, 0.3) is 20.2 Å². The predicted octanol–water partition coefficient (Wildman–Crippen LogP) is 4.40. The van der Waals surface area contributed by atoms with E-state index in [2.05, 4.69) is 53.2 Å². The van der Waals surface area contributed by atoms with Gasteiger partial charge in [0.1, 0.15) is 21.4 Å². The van der Waals surface area contributed by atoms with Crippen molar-refractivity contribution >= 4 is 66.8 Å². The van der Waals surface area contributed by atoms with Gasteiger partial charge in [-0.1, -0.05) is 60.7 Å². The molecule has 0 saturated heterocycles. The molecule has 4 aromatic carbocycles. The number of para-hydroxylation sites is 2. The molecule has 0 bridgehead atoms. The number of hydrazine groups is 4. The maximum atomic E-state index is 12.6. The van der Waals surface area contributed by atoms with E-state index in [0.29, 0.717) is 47.8 Å². The first-order valence-electron chi connectivity index (χ1n) is 17.2. The molecule has 20 heteroatoms. The van der Waals surface area contributed by atoms with E-state index in [1.807, 2.05) is 74.5 Å². The van der Waals surface area contributed by atoms with Gasteiger partial charge >= 0.3 is 0 Å². The molecule has 2 aliphatic rings. The molecule has 0 amide bonds. The molecule has 2 aliphatic heterocycles. The third kappa shape index (κ3) is 10.5.